The van der Waals surface area contributed by atoms with Gasteiger partial charge in [-0.1, -0.05) is 382 Å². The largest absolute Gasteiger partial charge is 0.309 e. The molecule has 670 valence electrons. The highest BCUT2D eigenvalue weighted by Crippen LogP contribution is 2.50. The Morgan fingerprint density at radius 2 is 0.510 bits per heavy atom. The standard InChI is InChI=1S/C46H28N4S.C43H28NOPS.C40H24N4S/c1-2-10-34-26-40-37(25-33(34)9-1)44-36-11-3-4-14-43(36)51-46(44)45(50-40)32-21-19-30(20-22-32)29-15-17-31(18-16-29)35-27-41(38-12-5-7-23-47-38)49-42(28-35)39-13-6-8-24-48-39;45-46(34-15-3-1-4-16-34,35-17-5-2-6-18-35)36-19-11-14-31(26-36)29-22-24-30(25-23-29)42-43-41(37-20-9-10-21-40(37)47-43)38-27-32-12-7-8-13-33(32)28-39(38)44-42;1-3-12-27(13-4-1)38-42-39(28-14-5-2-6-15-28)44-40(43-38)29-21-19-26(20-22-29)36-37-35(31-17-9-10-18-33(31)45-37)34-30-16-8-7-11-25(30)23-24-32(34)41-36/h1-28H;1-28H;1-24H. The van der Waals surface area contributed by atoms with Gasteiger partial charge < -0.3 is 4.57 Å². The summed E-state index contributed by atoms with van der Waals surface area (Å²) >= 11 is 5.45. The minimum atomic E-state index is -3.07. The van der Waals surface area contributed by atoms with E-state index in [1.54, 1.807) is 12.4 Å². The van der Waals surface area contributed by atoms with Gasteiger partial charge in [-0.15, -0.1) is 34.0 Å². The molecule has 0 aliphatic rings. The fourth-order valence-electron chi connectivity index (χ4n) is 20.0. The molecule has 0 aliphatic carbocycles. The molecule has 0 spiro atoms. The second-order valence-corrected chi connectivity index (χ2v) is 41.6. The molecule has 10 nitrogen and oxygen atoms in total. The first-order valence-corrected chi connectivity index (χ1v) is 51.7. The van der Waals surface area contributed by atoms with Crippen LogP contribution in [0.5, 0.6) is 0 Å². The van der Waals surface area contributed by atoms with E-state index in [4.69, 9.17) is 34.9 Å². The third kappa shape index (κ3) is 16.0. The minimum absolute atomic E-state index is 0.638. The van der Waals surface area contributed by atoms with E-state index in [0.717, 1.165) is 139 Å². The maximum absolute atomic E-state index is 15.0. The molecule has 0 atom stereocenters. The van der Waals surface area contributed by atoms with E-state index in [2.05, 4.69) is 313 Å². The quantitative estimate of drug-likeness (QED) is 0.0589. The number of thiophene rings is 3. The van der Waals surface area contributed by atoms with Gasteiger partial charge in [0.2, 0.25) is 0 Å². The number of pyridine rings is 6. The number of aromatic nitrogens is 9. The average molecular weight is 1900 g/mol. The Hall–Kier alpha value is -17.7. The lowest BCUT2D eigenvalue weighted by Gasteiger charge is -2.20. The Labute approximate surface area is 835 Å². The van der Waals surface area contributed by atoms with E-state index in [-0.39, 0.29) is 0 Å². The van der Waals surface area contributed by atoms with E-state index in [0.29, 0.717) is 17.5 Å². The fourth-order valence-corrected chi connectivity index (χ4v) is 26.4. The molecular weight excluding hydrogens is 1820 g/mol. The molecule has 28 aromatic rings. The summed E-state index contributed by atoms with van der Waals surface area (Å²) in [6.45, 7) is 0. The van der Waals surface area contributed by atoms with E-state index < -0.39 is 7.14 Å². The summed E-state index contributed by atoms with van der Waals surface area (Å²) in [5.74, 6) is 1.94. The predicted molar refractivity (Wildman–Crippen MR) is 602 cm³/mol. The third-order valence-electron chi connectivity index (χ3n) is 27.0. The highest BCUT2D eigenvalue weighted by molar-refractivity contribution is 7.85. The van der Waals surface area contributed by atoms with Crippen molar-refractivity contribution < 1.29 is 4.57 Å². The first-order valence-electron chi connectivity index (χ1n) is 47.6. The van der Waals surface area contributed by atoms with Crippen molar-refractivity contribution in [1.29, 1.82) is 0 Å². The summed E-state index contributed by atoms with van der Waals surface area (Å²) in [7, 11) is -3.07. The monoisotopic (exact) mass is 1900 g/mol. The highest BCUT2D eigenvalue weighted by Gasteiger charge is 2.31. The Bertz CT molecular complexity index is 9690. The molecular formula is C129H80N9OPS3. The number of hydrogen-bond acceptors (Lipinski definition) is 13. The average Bonchev–Trinajstić information content (AvgIpc) is 1.61. The van der Waals surface area contributed by atoms with Crippen LogP contribution < -0.4 is 15.9 Å². The Kier molecular flexibility index (Phi) is 21.9. The number of rotatable bonds is 14. The molecule has 0 bridgehead atoms. The summed E-state index contributed by atoms with van der Waals surface area (Å²) in [5.41, 5.74) is 22.0. The molecule has 143 heavy (non-hydrogen) atoms. The maximum Gasteiger partial charge on any atom is 0.171 e. The molecule has 0 unspecified atom stereocenters. The van der Waals surface area contributed by atoms with Crippen LogP contribution in [0.4, 0.5) is 0 Å². The van der Waals surface area contributed by atoms with Crippen molar-refractivity contribution >= 4 is 183 Å². The Morgan fingerprint density at radius 1 is 0.182 bits per heavy atom. The van der Waals surface area contributed by atoms with Gasteiger partial charge in [0, 0.05) is 124 Å². The molecule has 14 heteroatoms. The van der Waals surface area contributed by atoms with Gasteiger partial charge in [0.15, 0.2) is 24.6 Å². The van der Waals surface area contributed by atoms with Crippen LogP contribution in [0, 0.1) is 0 Å². The van der Waals surface area contributed by atoms with Gasteiger partial charge in [0.25, 0.3) is 0 Å². The van der Waals surface area contributed by atoms with Crippen LogP contribution in [-0.4, -0.2) is 44.9 Å². The van der Waals surface area contributed by atoms with E-state index in [1.807, 2.05) is 204 Å². The predicted octanol–water partition coefficient (Wildman–Crippen LogP) is 33.6. The second kappa shape index (κ2) is 36.6. The van der Waals surface area contributed by atoms with Crippen LogP contribution in [0.15, 0.2) is 486 Å². The lowest BCUT2D eigenvalue weighted by atomic mass is 9.97. The van der Waals surface area contributed by atoms with Crippen molar-refractivity contribution in [2.45, 2.75) is 0 Å². The minimum Gasteiger partial charge on any atom is -0.309 e. The van der Waals surface area contributed by atoms with Crippen LogP contribution in [0.2, 0.25) is 0 Å². The van der Waals surface area contributed by atoms with E-state index in [9.17, 15) is 0 Å². The zero-order chi connectivity index (χ0) is 94.8. The van der Waals surface area contributed by atoms with Gasteiger partial charge in [0.1, 0.15) is 0 Å². The summed E-state index contributed by atoms with van der Waals surface area (Å²) in [6.07, 6.45) is 3.60. The summed E-state index contributed by atoms with van der Waals surface area (Å²) < 4.78 is 22.5. The van der Waals surface area contributed by atoms with Crippen molar-refractivity contribution in [2.24, 2.45) is 0 Å². The number of hydrogen-bond donors (Lipinski definition) is 0. The van der Waals surface area contributed by atoms with E-state index >= 15 is 4.57 Å². The van der Waals surface area contributed by atoms with Crippen LogP contribution >= 0.6 is 41.2 Å². The molecule has 10 aromatic heterocycles. The highest BCUT2D eigenvalue weighted by atomic mass is 32.1. The summed E-state index contributed by atoms with van der Waals surface area (Å²) in [6, 6.07) is 164. The van der Waals surface area contributed by atoms with Gasteiger partial charge in [0.05, 0.1) is 70.5 Å². The van der Waals surface area contributed by atoms with Crippen molar-refractivity contribution in [3.63, 3.8) is 0 Å². The second-order valence-electron chi connectivity index (χ2n) is 35.6. The first-order chi connectivity index (χ1) is 70.7. The Balaban J connectivity index is 0.000000110. The molecule has 0 saturated carbocycles. The van der Waals surface area contributed by atoms with Crippen LogP contribution in [-0.2, 0) is 4.57 Å². The molecule has 0 saturated heterocycles. The zero-order valence-corrected chi connectivity index (χ0v) is 80.1. The van der Waals surface area contributed by atoms with Crippen LogP contribution in [0.3, 0.4) is 0 Å². The molecule has 28 rings (SSSR count). The van der Waals surface area contributed by atoms with Crippen LogP contribution in [0.1, 0.15) is 0 Å². The number of fused-ring (bicyclic) bond motifs is 19. The van der Waals surface area contributed by atoms with Crippen molar-refractivity contribution in [3.8, 4) is 124 Å². The van der Waals surface area contributed by atoms with Crippen LogP contribution in [0.25, 0.3) is 250 Å². The van der Waals surface area contributed by atoms with Crippen molar-refractivity contribution in [3.05, 3.63) is 486 Å². The SMILES string of the molecule is O=P(c1ccccc1)(c1ccccc1)c1cccc(-c2ccc(-c3nc4cc5ccccc5cc4c4c3sc3ccccc34)cc2)c1.c1ccc(-c2cc(-c3ccc(-c4ccc(-c5nc6cc7ccccc7cc6c6c5sc5ccccc56)cc4)cc3)cc(-c3ccccn3)n2)nc1.c1ccc(-c2nc(-c3ccccc3)nc(-c3ccc(-c4nc5ccc6ccccc6c5c5c4sc4ccccc45)cc3)n2)cc1. The van der Waals surface area contributed by atoms with Gasteiger partial charge in [-0.25, -0.2) is 34.9 Å². The normalized spacial score (nSPS) is 11.7. The lowest BCUT2D eigenvalue weighted by molar-refractivity contribution is 0.592. The van der Waals surface area contributed by atoms with Gasteiger partial charge >= 0.3 is 0 Å². The zero-order valence-electron chi connectivity index (χ0n) is 76.8. The van der Waals surface area contributed by atoms with E-state index in [1.165, 1.54) is 109 Å². The molecule has 0 N–H and O–H groups in total. The third-order valence-corrected chi connectivity index (χ3v) is 33.6. The van der Waals surface area contributed by atoms with Gasteiger partial charge in [-0.2, -0.15) is 0 Å². The smallest absolute Gasteiger partial charge is 0.171 e. The number of benzene rings is 18. The van der Waals surface area contributed by atoms with Gasteiger partial charge in [-0.05, 0) is 157 Å². The topological polar surface area (TPSA) is 133 Å². The molecule has 0 radical (unpaired) electrons. The molecule has 18 aromatic carbocycles. The Morgan fingerprint density at radius 3 is 0.951 bits per heavy atom. The van der Waals surface area contributed by atoms with Gasteiger partial charge in [-0.3, -0.25) is 9.97 Å². The van der Waals surface area contributed by atoms with Crippen molar-refractivity contribution in [1.82, 2.24) is 44.9 Å². The molecule has 0 aliphatic heterocycles. The molecule has 0 fully saturated rings. The number of nitrogens with zero attached hydrogens (tertiary/aromatic N) is 9. The molecule has 10 heterocycles. The summed E-state index contributed by atoms with van der Waals surface area (Å²) in [5, 5.41) is 21.1. The first kappa shape index (κ1) is 85.7. The summed E-state index contributed by atoms with van der Waals surface area (Å²) in [4.78, 5) is 44.7. The van der Waals surface area contributed by atoms with Crippen molar-refractivity contribution in [2.75, 3.05) is 0 Å². The lowest BCUT2D eigenvalue weighted by Crippen LogP contribution is -2.25. The maximum atomic E-state index is 15.0. The molecule has 0 amide bonds. The fraction of sp³-hybridized carbons (Fsp3) is 0.